The third-order valence-corrected chi connectivity index (χ3v) is 7.19. The Hall–Kier alpha value is -3.24. The number of amides is 1. The van der Waals surface area contributed by atoms with E-state index in [4.69, 9.17) is 0 Å². The zero-order chi connectivity index (χ0) is 22.6. The highest BCUT2D eigenvalue weighted by Crippen LogP contribution is 2.26. The van der Waals surface area contributed by atoms with E-state index < -0.39 is 0 Å². The van der Waals surface area contributed by atoms with Gasteiger partial charge in [-0.25, -0.2) is 19.3 Å². The molecule has 5 rings (SSSR count). The van der Waals surface area contributed by atoms with Crippen LogP contribution in [0.15, 0.2) is 66.0 Å². The van der Waals surface area contributed by atoms with Crippen LogP contribution in [-0.2, 0) is 4.79 Å². The quantitative estimate of drug-likeness (QED) is 0.326. The van der Waals surface area contributed by atoms with Gasteiger partial charge in [0, 0.05) is 37.9 Å². The van der Waals surface area contributed by atoms with Gasteiger partial charge in [0.15, 0.2) is 5.13 Å². The molecule has 2 aromatic heterocycles. The van der Waals surface area contributed by atoms with Gasteiger partial charge in [0.05, 0.1) is 16.0 Å². The minimum Gasteiger partial charge on any atom is -0.368 e. The first-order chi connectivity index (χ1) is 16.1. The number of hydrogen-bond donors (Lipinski definition) is 1. The highest BCUT2D eigenvalue weighted by molar-refractivity contribution is 7.99. The molecule has 3 heterocycles. The Morgan fingerprint density at radius 2 is 1.79 bits per heavy atom. The molecule has 1 fully saturated rings. The van der Waals surface area contributed by atoms with Crippen molar-refractivity contribution in [3.63, 3.8) is 0 Å². The summed E-state index contributed by atoms with van der Waals surface area (Å²) in [7, 11) is 0. The van der Waals surface area contributed by atoms with Crippen LogP contribution >= 0.6 is 23.1 Å². The molecule has 0 radical (unpaired) electrons. The monoisotopic (exact) mass is 480 g/mol. The van der Waals surface area contributed by atoms with Crippen LogP contribution in [0.3, 0.4) is 0 Å². The lowest BCUT2D eigenvalue weighted by Crippen LogP contribution is -2.46. The molecule has 10 heteroatoms. The Labute approximate surface area is 198 Å². The number of thioether (sulfide) groups is 1. The van der Waals surface area contributed by atoms with Crippen molar-refractivity contribution in [1.82, 2.24) is 15.0 Å². The van der Waals surface area contributed by atoms with Crippen LogP contribution in [0, 0.1) is 5.82 Å². The van der Waals surface area contributed by atoms with Gasteiger partial charge in [-0.1, -0.05) is 35.2 Å². The first kappa shape index (κ1) is 21.6. The average Bonchev–Trinajstić information content (AvgIpc) is 3.26. The molecule has 0 atom stereocenters. The summed E-state index contributed by atoms with van der Waals surface area (Å²) in [5.74, 6) is 0.743. The molecule has 2 aromatic carbocycles. The number of aromatic nitrogens is 3. The second-order valence-electron chi connectivity index (χ2n) is 7.49. The lowest BCUT2D eigenvalue weighted by molar-refractivity contribution is -0.113. The summed E-state index contributed by atoms with van der Waals surface area (Å²) < 4.78 is 14.2. The van der Waals surface area contributed by atoms with Gasteiger partial charge in [-0.3, -0.25) is 4.79 Å². The topological polar surface area (TPSA) is 74.2 Å². The fourth-order valence-corrected chi connectivity index (χ4v) is 5.19. The first-order valence-corrected chi connectivity index (χ1v) is 12.3. The minimum absolute atomic E-state index is 0.118. The number of benzene rings is 2. The molecule has 0 spiro atoms. The minimum atomic E-state index is -0.225. The van der Waals surface area contributed by atoms with Crippen molar-refractivity contribution in [2.45, 2.75) is 5.03 Å². The normalized spacial score (nSPS) is 14.0. The molecule has 0 unspecified atom stereocenters. The molecule has 7 nitrogen and oxygen atoms in total. The maximum Gasteiger partial charge on any atom is 0.236 e. The van der Waals surface area contributed by atoms with Crippen molar-refractivity contribution in [2.24, 2.45) is 0 Å². The Morgan fingerprint density at radius 3 is 2.58 bits per heavy atom. The SMILES string of the molecule is O=C(CSc1cc(N2CCN(c3ccc(F)cc3)CC2)ncn1)Nc1nc2ccccc2s1. The summed E-state index contributed by atoms with van der Waals surface area (Å²) in [5, 5.41) is 4.22. The molecule has 0 aliphatic carbocycles. The van der Waals surface area contributed by atoms with Crippen molar-refractivity contribution in [3.05, 3.63) is 66.7 Å². The molecule has 1 N–H and O–H groups in total. The second-order valence-corrected chi connectivity index (χ2v) is 9.51. The van der Waals surface area contributed by atoms with Gasteiger partial charge in [0.2, 0.25) is 5.91 Å². The third kappa shape index (κ3) is 5.23. The Balaban J connectivity index is 1.15. The molecule has 1 saturated heterocycles. The number of carbonyl (C=O) groups is 1. The number of para-hydroxylation sites is 1. The predicted molar refractivity (Wildman–Crippen MR) is 132 cm³/mol. The lowest BCUT2D eigenvalue weighted by atomic mass is 10.2. The van der Waals surface area contributed by atoms with E-state index >= 15 is 0 Å². The Morgan fingerprint density at radius 1 is 1.03 bits per heavy atom. The van der Waals surface area contributed by atoms with Gasteiger partial charge < -0.3 is 15.1 Å². The average molecular weight is 481 g/mol. The number of nitrogens with zero attached hydrogens (tertiary/aromatic N) is 5. The largest absolute Gasteiger partial charge is 0.368 e. The number of thiazole rings is 1. The summed E-state index contributed by atoms with van der Waals surface area (Å²) in [6, 6.07) is 16.3. The second kappa shape index (κ2) is 9.72. The summed E-state index contributed by atoms with van der Waals surface area (Å²) in [6.45, 7) is 3.25. The van der Waals surface area contributed by atoms with E-state index in [1.165, 1.54) is 41.6 Å². The fourth-order valence-electron chi connectivity index (χ4n) is 3.65. The number of hydrogen-bond acceptors (Lipinski definition) is 8. The smallest absolute Gasteiger partial charge is 0.236 e. The zero-order valence-corrected chi connectivity index (χ0v) is 19.3. The van der Waals surface area contributed by atoms with Crippen LogP contribution in [0.5, 0.6) is 0 Å². The van der Waals surface area contributed by atoms with Crippen LogP contribution in [0.2, 0.25) is 0 Å². The van der Waals surface area contributed by atoms with Gasteiger partial charge in [-0.05, 0) is 36.4 Å². The van der Waals surface area contributed by atoms with Gasteiger partial charge in [0.1, 0.15) is 23.0 Å². The van der Waals surface area contributed by atoms with Gasteiger partial charge >= 0.3 is 0 Å². The zero-order valence-electron chi connectivity index (χ0n) is 17.6. The number of rotatable bonds is 6. The van der Waals surface area contributed by atoms with Crippen LogP contribution in [0.1, 0.15) is 0 Å². The molecule has 0 saturated carbocycles. The Bertz CT molecular complexity index is 1220. The fraction of sp³-hybridized carbons (Fsp3) is 0.217. The van der Waals surface area contributed by atoms with Crippen LogP contribution in [0.4, 0.5) is 21.0 Å². The number of carbonyl (C=O) groups excluding carboxylic acids is 1. The predicted octanol–water partition coefficient (Wildman–Crippen LogP) is 4.28. The molecule has 168 valence electrons. The van der Waals surface area contributed by atoms with Crippen molar-refractivity contribution in [1.29, 1.82) is 0 Å². The molecular weight excluding hydrogens is 459 g/mol. The van der Waals surface area contributed by atoms with Gasteiger partial charge in [-0.15, -0.1) is 0 Å². The van der Waals surface area contributed by atoms with E-state index in [1.54, 1.807) is 0 Å². The van der Waals surface area contributed by atoms with E-state index in [0.29, 0.717) is 5.13 Å². The molecule has 1 aliphatic heterocycles. The maximum absolute atomic E-state index is 13.2. The summed E-state index contributed by atoms with van der Waals surface area (Å²) in [6.07, 6.45) is 1.54. The number of halogens is 1. The van der Waals surface area contributed by atoms with E-state index in [2.05, 4.69) is 30.1 Å². The Kier molecular flexibility index (Phi) is 6.36. The van der Waals surface area contributed by atoms with E-state index in [0.717, 1.165) is 52.9 Å². The first-order valence-electron chi connectivity index (χ1n) is 10.5. The summed E-state index contributed by atoms with van der Waals surface area (Å²) in [5.41, 5.74) is 1.90. The van der Waals surface area contributed by atoms with Crippen molar-refractivity contribution >= 4 is 55.9 Å². The van der Waals surface area contributed by atoms with E-state index in [1.807, 2.05) is 42.5 Å². The molecule has 0 bridgehead atoms. The number of nitrogens with one attached hydrogen (secondary N) is 1. The van der Waals surface area contributed by atoms with Crippen molar-refractivity contribution < 1.29 is 9.18 Å². The molecule has 4 aromatic rings. The lowest BCUT2D eigenvalue weighted by Gasteiger charge is -2.36. The van der Waals surface area contributed by atoms with Crippen LogP contribution in [-0.4, -0.2) is 52.8 Å². The number of anilines is 3. The molecule has 33 heavy (non-hydrogen) atoms. The van der Waals surface area contributed by atoms with Crippen molar-refractivity contribution in [2.75, 3.05) is 47.0 Å². The summed E-state index contributed by atoms with van der Waals surface area (Å²) in [4.78, 5) is 30.0. The maximum atomic E-state index is 13.2. The van der Waals surface area contributed by atoms with Crippen molar-refractivity contribution in [3.8, 4) is 0 Å². The van der Waals surface area contributed by atoms with E-state index in [-0.39, 0.29) is 17.5 Å². The third-order valence-electron chi connectivity index (χ3n) is 5.31. The number of piperazine rings is 1. The van der Waals surface area contributed by atoms with Crippen LogP contribution in [0.25, 0.3) is 10.2 Å². The molecule has 1 amide bonds. The highest BCUT2D eigenvalue weighted by Gasteiger charge is 2.19. The van der Waals surface area contributed by atoms with Crippen LogP contribution < -0.4 is 15.1 Å². The standard InChI is InChI=1S/C23H21FN6OS2/c24-16-5-7-17(8-6-16)29-9-11-30(12-10-29)20-13-22(26-15-25-20)32-14-21(31)28-23-27-18-3-1-2-4-19(18)33-23/h1-8,13,15H,9-12,14H2,(H,27,28,31). The molecular formula is C23H21FN6OS2. The highest BCUT2D eigenvalue weighted by atomic mass is 32.2. The number of fused-ring (bicyclic) bond motifs is 1. The van der Waals surface area contributed by atoms with Gasteiger partial charge in [0.25, 0.3) is 0 Å². The summed E-state index contributed by atoms with van der Waals surface area (Å²) >= 11 is 2.83. The van der Waals surface area contributed by atoms with E-state index in [9.17, 15) is 9.18 Å². The van der Waals surface area contributed by atoms with Gasteiger partial charge in [-0.2, -0.15) is 0 Å². The molecule has 1 aliphatic rings.